The van der Waals surface area contributed by atoms with E-state index >= 15 is 0 Å². The highest BCUT2D eigenvalue weighted by Gasteiger charge is 2.29. The fraction of sp³-hybridized carbons (Fsp3) is 0. The molecule has 9 heteroatoms. The van der Waals surface area contributed by atoms with Gasteiger partial charge in [-0.25, -0.2) is 18.0 Å². The van der Waals surface area contributed by atoms with Gasteiger partial charge in [-0.1, -0.05) is 0 Å². The molecule has 0 saturated carbocycles. The van der Waals surface area contributed by atoms with Gasteiger partial charge in [-0.05, 0) is 23.6 Å². The van der Waals surface area contributed by atoms with E-state index in [4.69, 9.17) is 0 Å². The minimum Gasteiger partial charge on any atom is -0.416 e. The molecule has 1 heterocycles. The van der Waals surface area contributed by atoms with Gasteiger partial charge in [-0.15, -0.1) is 11.3 Å². The van der Waals surface area contributed by atoms with Gasteiger partial charge in [-0.3, -0.25) is 4.79 Å². The SMILES string of the molecule is O=C(Oc1c(F)c(F)c(F)c(F)c1F)c1cc2cc3c(=O)c3cc2s1. The minimum atomic E-state index is -2.34. The van der Waals surface area contributed by atoms with Crippen LogP contribution in [0.25, 0.3) is 20.9 Å². The average molecular weight is 370 g/mol. The molecule has 0 spiro atoms. The van der Waals surface area contributed by atoms with Crippen molar-refractivity contribution in [3.05, 3.63) is 62.4 Å². The predicted molar refractivity (Wildman–Crippen MR) is 79.2 cm³/mol. The summed E-state index contributed by atoms with van der Waals surface area (Å²) < 4.78 is 71.3. The molecule has 126 valence electrons. The number of benzene rings is 2. The molecule has 0 radical (unpaired) electrons. The van der Waals surface area contributed by atoms with Gasteiger partial charge in [0.15, 0.2) is 5.43 Å². The van der Waals surface area contributed by atoms with Gasteiger partial charge in [0.25, 0.3) is 0 Å². The van der Waals surface area contributed by atoms with Gasteiger partial charge in [0.2, 0.25) is 34.8 Å². The molecule has 0 saturated heterocycles. The number of halogens is 5. The highest BCUT2D eigenvalue weighted by Crippen LogP contribution is 2.33. The second-order valence-corrected chi connectivity index (χ2v) is 6.25. The van der Waals surface area contributed by atoms with E-state index in [2.05, 4.69) is 4.74 Å². The molecule has 3 nitrogen and oxygen atoms in total. The Morgan fingerprint density at radius 2 is 1.40 bits per heavy atom. The first kappa shape index (κ1) is 15.7. The van der Waals surface area contributed by atoms with Crippen LogP contribution >= 0.6 is 11.3 Å². The van der Waals surface area contributed by atoms with E-state index in [1.165, 1.54) is 6.07 Å². The molecule has 0 bridgehead atoms. The predicted octanol–water partition coefficient (Wildman–Crippen LogP) is 4.21. The molecular formula is C16H3F5O3S. The molecule has 4 rings (SSSR count). The van der Waals surface area contributed by atoms with Crippen molar-refractivity contribution in [2.75, 3.05) is 0 Å². The van der Waals surface area contributed by atoms with E-state index in [0.717, 1.165) is 11.3 Å². The number of carbonyl (C=O) groups is 1. The molecular weight excluding hydrogens is 367 g/mol. The summed E-state index contributed by atoms with van der Waals surface area (Å²) >= 11 is 0.864. The van der Waals surface area contributed by atoms with Crippen molar-refractivity contribution in [3.63, 3.8) is 0 Å². The molecule has 0 unspecified atom stereocenters. The lowest BCUT2D eigenvalue weighted by Crippen LogP contribution is -2.12. The summed E-state index contributed by atoms with van der Waals surface area (Å²) in [6.07, 6.45) is 0. The number of fused-ring (bicyclic) bond motifs is 2. The Kier molecular flexibility index (Phi) is 3.20. The molecule has 0 aliphatic heterocycles. The summed E-state index contributed by atoms with van der Waals surface area (Å²) in [5.74, 6) is -14.2. The Morgan fingerprint density at radius 3 is 2.04 bits per heavy atom. The van der Waals surface area contributed by atoms with E-state index in [-0.39, 0.29) is 10.3 Å². The Hall–Kier alpha value is -2.81. The highest BCUT2D eigenvalue weighted by molar-refractivity contribution is 7.20. The molecule has 0 amide bonds. The van der Waals surface area contributed by atoms with Crippen LogP contribution in [0.4, 0.5) is 22.0 Å². The van der Waals surface area contributed by atoms with E-state index < -0.39 is 40.8 Å². The molecule has 0 aliphatic carbocycles. The van der Waals surface area contributed by atoms with Crippen LogP contribution in [-0.2, 0) is 0 Å². The fourth-order valence-corrected chi connectivity index (χ4v) is 3.29. The Balaban J connectivity index is 1.72. The smallest absolute Gasteiger partial charge is 0.353 e. The molecule has 25 heavy (non-hydrogen) atoms. The van der Waals surface area contributed by atoms with Crippen LogP contribution in [0, 0.1) is 29.1 Å². The number of hydrogen-bond acceptors (Lipinski definition) is 4. The van der Waals surface area contributed by atoms with Crippen LogP contribution in [0.15, 0.2) is 23.0 Å². The van der Waals surface area contributed by atoms with Gasteiger partial charge >= 0.3 is 5.97 Å². The van der Waals surface area contributed by atoms with Crippen LogP contribution in [0.2, 0.25) is 0 Å². The molecule has 0 aliphatic rings. The lowest BCUT2D eigenvalue weighted by Gasteiger charge is -2.07. The quantitative estimate of drug-likeness (QED) is 0.175. The number of hydrogen-bond donors (Lipinski definition) is 0. The summed E-state index contributed by atoms with van der Waals surface area (Å²) in [5, 5.41) is 1.54. The molecule has 0 fully saturated rings. The van der Waals surface area contributed by atoms with Gasteiger partial charge in [0.1, 0.15) is 4.88 Å². The van der Waals surface area contributed by atoms with Crippen molar-refractivity contribution in [3.8, 4) is 5.75 Å². The molecule has 1 aromatic heterocycles. The Bertz CT molecular complexity index is 1140. The van der Waals surface area contributed by atoms with E-state index in [0.29, 0.717) is 20.9 Å². The zero-order valence-electron chi connectivity index (χ0n) is 11.8. The zero-order valence-corrected chi connectivity index (χ0v) is 12.6. The monoisotopic (exact) mass is 370 g/mol. The first-order valence-corrected chi connectivity index (χ1v) is 7.47. The molecule has 0 atom stereocenters. The molecule has 0 N–H and O–H groups in total. The topological polar surface area (TPSA) is 43.4 Å². The van der Waals surface area contributed by atoms with Gasteiger partial charge in [-0.2, -0.15) is 8.78 Å². The van der Waals surface area contributed by atoms with Crippen LogP contribution in [0.5, 0.6) is 5.75 Å². The summed E-state index contributed by atoms with van der Waals surface area (Å²) in [7, 11) is 0. The van der Waals surface area contributed by atoms with E-state index in [1.54, 1.807) is 12.1 Å². The Labute approximate surface area is 138 Å². The number of thiophene rings is 1. The second kappa shape index (κ2) is 5.09. The molecule has 4 aromatic rings. The third kappa shape index (κ3) is 2.23. The van der Waals surface area contributed by atoms with Crippen molar-refractivity contribution in [1.82, 2.24) is 0 Å². The van der Waals surface area contributed by atoms with Gasteiger partial charge in [0.05, 0.1) is 0 Å². The van der Waals surface area contributed by atoms with Crippen molar-refractivity contribution < 1.29 is 31.5 Å². The zero-order chi connectivity index (χ0) is 18.0. The normalized spacial score (nSPS) is 11.7. The number of carbonyl (C=O) groups excluding carboxylic acids is 1. The van der Waals surface area contributed by atoms with Crippen molar-refractivity contribution in [2.45, 2.75) is 0 Å². The minimum absolute atomic E-state index is 0.103. The summed E-state index contributed by atoms with van der Waals surface area (Å²) in [5.41, 5.74) is -0.103. The maximum absolute atomic E-state index is 13.6. The summed E-state index contributed by atoms with van der Waals surface area (Å²) in [6.45, 7) is 0. The first-order valence-electron chi connectivity index (χ1n) is 6.65. The van der Waals surface area contributed by atoms with Crippen LogP contribution in [0.3, 0.4) is 0 Å². The van der Waals surface area contributed by atoms with Crippen LogP contribution in [0.1, 0.15) is 9.67 Å². The van der Waals surface area contributed by atoms with Crippen molar-refractivity contribution in [1.29, 1.82) is 0 Å². The third-order valence-corrected chi connectivity index (χ3v) is 4.73. The van der Waals surface area contributed by atoms with Crippen LogP contribution in [-0.4, -0.2) is 5.97 Å². The number of ether oxygens (including phenoxy) is 1. The largest absolute Gasteiger partial charge is 0.416 e. The lowest BCUT2D eigenvalue weighted by molar-refractivity contribution is 0.0721. The summed E-state index contributed by atoms with van der Waals surface area (Å²) in [6, 6.07) is 4.39. The molecule has 3 aromatic carbocycles. The van der Waals surface area contributed by atoms with E-state index in [9.17, 15) is 31.5 Å². The summed E-state index contributed by atoms with van der Waals surface area (Å²) in [4.78, 5) is 23.2. The van der Waals surface area contributed by atoms with Crippen molar-refractivity contribution >= 4 is 38.2 Å². The Morgan fingerprint density at radius 1 is 0.840 bits per heavy atom. The fourth-order valence-electron chi connectivity index (χ4n) is 2.33. The average Bonchev–Trinajstić information content (AvgIpc) is 3.04. The number of rotatable bonds is 2. The lowest BCUT2D eigenvalue weighted by atomic mass is 10.2. The maximum Gasteiger partial charge on any atom is 0.353 e. The number of esters is 1. The standard InChI is InChI=1S/C16H3F5O3S/c17-9-10(18)12(20)15(13(21)11(9)19)24-16(23)8-2-4-1-5-6(14(5)22)3-7(4)25-8/h1-3H. The van der Waals surface area contributed by atoms with Crippen LogP contribution < -0.4 is 10.2 Å². The highest BCUT2D eigenvalue weighted by atomic mass is 32.1. The first-order chi connectivity index (χ1) is 11.8. The maximum atomic E-state index is 13.6. The van der Waals surface area contributed by atoms with Crippen molar-refractivity contribution in [2.24, 2.45) is 0 Å². The van der Waals surface area contributed by atoms with Gasteiger partial charge < -0.3 is 4.74 Å². The second-order valence-electron chi connectivity index (χ2n) is 5.16. The van der Waals surface area contributed by atoms with Gasteiger partial charge in [0, 0.05) is 15.5 Å². The van der Waals surface area contributed by atoms with E-state index in [1.807, 2.05) is 0 Å². The third-order valence-electron chi connectivity index (χ3n) is 3.65.